The van der Waals surface area contributed by atoms with E-state index in [2.05, 4.69) is 4.98 Å². The number of amides is 1. The third-order valence-electron chi connectivity index (χ3n) is 6.25. The van der Waals surface area contributed by atoms with Crippen molar-refractivity contribution < 1.29 is 19.0 Å². The fraction of sp³-hybridized carbons (Fsp3) is 0.222. The fourth-order valence-corrected chi connectivity index (χ4v) is 4.79. The predicted octanol–water partition coefficient (Wildman–Crippen LogP) is 6.12. The van der Waals surface area contributed by atoms with Crippen LogP contribution in [0.1, 0.15) is 28.4 Å². The first-order chi connectivity index (χ1) is 16.6. The van der Waals surface area contributed by atoms with Gasteiger partial charge in [0.25, 0.3) is 0 Å². The van der Waals surface area contributed by atoms with Gasteiger partial charge in [-0.3, -0.25) is 4.90 Å². The van der Waals surface area contributed by atoms with Crippen molar-refractivity contribution in [2.24, 2.45) is 0 Å². The molecule has 0 saturated carbocycles. The lowest BCUT2D eigenvalue weighted by Crippen LogP contribution is -2.40. The van der Waals surface area contributed by atoms with Gasteiger partial charge in [0.05, 0.1) is 14.2 Å². The Morgan fingerprint density at radius 1 is 1.03 bits per heavy atom. The Morgan fingerprint density at radius 3 is 2.53 bits per heavy atom. The lowest BCUT2D eigenvalue weighted by molar-refractivity contribution is 0.0832. The van der Waals surface area contributed by atoms with E-state index in [1.54, 1.807) is 31.3 Å². The first-order valence-electron chi connectivity index (χ1n) is 11.1. The van der Waals surface area contributed by atoms with Crippen LogP contribution >= 0.6 is 11.6 Å². The molecule has 3 aromatic carbocycles. The number of carbonyl (C=O) groups is 1. The number of aromatic nitrogens is 1. The molecule has 34 heavy (non-hydrogen) atoms. The predicted molar refractivity (Wildman–Crippen MR) is 132 cm³/mol. The largest absolute Gasteiger partial charge is 0.497 e. The molecular weight excluding hydrogens is 452 g/mol. The van der Waals surface area contributed by atoms with Gasteiger partial charge < -0.3 is 19.2 Å². The average Bonchev–Trinajstić information content (AvgIpc) is 3.24. The summed E-state index contributed by atoms with van der Waals surface area (Å²) in [6.07, 6.45) is 0.337. The third-order valence-corrected chi connectivity index (χ3v) is 6.49. The van der Waals surface area contributed by atoms with E-state index in [9.17, 15) is 4.79 Å². The Hall–Kier alpha value is -3.64. The van der Waals surface area contributed by atoms with E-state index in [1.165, 1.54) is 5.56 Å². The molecule has 1 unspecified atom stereocenters. The summed E-state index contributed by atoms with van der Waals surface area (Å²) in [5, 5.41) is 1.72. The number of benzene rings is 3. The minimum Gasteiger partial charge on any atom is -0.497 e. The Bertz CT molecular complexity index is 1330. The molecule has 1 aromatic heterocycles. The molecular formula is C27H25ClN2O4. The van der Waals surface area contributed by atoms with E-state index < -0.39 is 0 Å². The van der Waals surface area contributed by atoms with E-state index >= 15 is 0 Å². The summed E-state index contributed by atoms with van der Waals surface area (Å²) >= 11 is 6.08. The van der Waals surface area contributed by atoms with Gasteiger partial charge in [0, 0.05) is 28.2 Å². The molecule has 1 aliphatic rings. The van der Waals surface area contributed by atoms with Crippen LogP contribution in [0.4, 0.5) is 4.79 Å². The summed E-state index contributed by atoms with van der Waals surface area (Å²) < 4.78 is 16.5. The topological polar surface area (TPSA) is 63.8 Å². The van der Waals surface area contributed by atoms with Crippen molar-refractivity contribution >= 4 is 28.6 Å². The SMILES string of the molecule is COc1ccc(C2c3[nH]c4ccc(OC)cc4c3CCN2C(=O)OCc2cccc(Cl)c2)cc1. The van der Waals surface area contributed by atoms with E-state index in [-0.39, 0.29) is 18.7 Å². The monoisotopic (exact) mass is 476 g/mol. The van der Waals surface area contributed by atoms with Crippen LogP contribution in [0.15, 0.2) is 66.7 Å². The maximum absolute atomic E-state index is 13.3. The van der Waals surface area contributed by atoms with Crippen LogP contribution in [0.2, 0.25) is 5.02 Å². The second-order valence-electron chi connectivity index (χ2n) is 8.23. The van der Waals surface area contributed by atoms with Crippen molar-refractivity contribution in [2.45, 2.75) is 19.1 Å². The Morgan fingerprint density at radius 2 is 1.79 bits per heavy atom. The van der Waals surface area contributed by atoms with Crippen LogP contribution in [-0.4, -0.2) is 36.7 Å². The lowest BCUT2D eigenvalue weighted by Gasteiger charge is -2.35. The highest BCUT2D eigenvalue weighted by Crippen LogP contribution is 2.40. The summed E-state index contributed by atoms with van der Waals surface area (Å²) in [5.74, 6) is 1.56. The van der Waals surface area contributed by atoms with Gasteiger partial charge in [-0.1, -0.05) is 35.9 Å². The normalized spacial score (nSPS) is 15.1. The summed E-state index contributed by atoms with van der Waals surface area (Å²) in [6, 6.07) is 20.8. The molecule has 7 heteroatoms. The fourth-order valence-electron chi connectivity index (χ4n) is 4.58. The number of nitrogens with one attached hydrogen (secondary N) is 1. The molecule has 5 rings (SSSR count). The molecule has 0 radical (unpaired) electrons. The number of rotatable bonds is 5. The van der Waals surface area contributed by atoms with Gasteiger partial charge >= 0.3 is 6.09 Å². The molecule has 1 amide bonds. The number of hydrogen-bond acceptors (Lipinski definition) is 4. The maximum atomic E-state index is 13.3. The number of nitrogens with zero attached hydrogens (tertiary/aromatic N) is 1. The molecule has 6 nitrogen and oxygen atoms in total. The molecule has 1 N–H and O–H groups in total. The number of H-pyrrole nitrogens is 1. The molecule has 0 spiro atoms. The van der Waals surface area contributed by atoms with Gasteiger partial charge in [-0.2, -0.15) is 0 Å². The number of methoxy groups -OCH3 is 2. The summed E-state index contributed by atoms with van der Waals surface area (Å²) in [6.45, 7) is 0.685. The minimum atomic E-state index is -0.373. The van der Waals surface area contributed by atoms with Crippen LogP contribution in [0.25, 0.3) is 10.9 Å². The minimum absolute atomic E-state index is 0.155. The van der Waals surface area contributed by atoms with Crippen LogP contribution < -0.4 is 9.47 Å². The van der Waals surface area contributed by atoms with E-state index in [1.807, 2.05) is 54.6 Å². The number of carbonyl (C=O) groups excluding carboxylic acids is 1. The first-order valence-corrected chi connectivity index (χ1v) is 11.5. The summed E-state index contributed by atoms with van der Waals surface area (Å²) in [5.41, 5.74) is 5.00. The molecule has 2 heterocycles. The second kappa shape index (κ2) is 9.31. The summed E-state index contributed by atoms with van der Waals surface area (Å²) in [7, 11) is 3.30. The van der Waals surface area contributed by atoms with Crippen LogP contribution in [0, 0.1) is 0 Å². The molecule has 0 bridgehead atoms. The van der Waals surface area contributed by atoms with Gasteiger partial charge in [-0.05, 0) is 65.6 Å². The highest BCUT2D eigenvalue weighted by atomic mass is 35.5. The van der Waals surface area contributed by atoms with Crippen molar-refractivity contribution in [1.29, 1.82) is 0 Å². The standard InChI is InChI=1S/C27H25ClN2O4/c1-32-20-8-6-18(7-9-20)26-25-22(23-15-21(33-2)10-11-24(23)29-25)12-13-30(26)27(31)34-16-17-4-3-5-19(28)14-17/h3-11,14-15,26,29H,12-13,16H2,1-2H3. The zero-order chi connectivity index (χ0) is 23.7. The van der Waals surface area contributed by atoms with Crippen molar-refractivity contribution in [3.63, 3.8) is 0 Å². The first kappa shape index (κ1) is 22.2. The molecule has 1 aliphatic heterocycles. The molecule has 0 fully saturated rings. The van der Waals surface area contributed by atoms with Crippen LogP contribution in [0.3, 0.4) is 0 Å². The molecule has 4 aromatic rings. The molecule has 0 aliphatic carbocycles. The van der Waals surface area contributed by atoms with Gasteiger partial charge in [-0.15, -0.1) is 0 Å². The second-order valence-corrected chi connectivity index (χ2v) is 8.67. The maximum Gasteiger partial charge on any atom is 0.410 e. The van der Waals surface area contributed by atoms with Crippen LogP contribution in [-0.2, 0) is 17.8 Å². The van der Waals surface area contributed by atoms with E-state index in [0.29, 0.717) is 18.0 Å². The smallest absolute Gasteiger partial charge is 0.410 e. The van der Waals surface area contributed by atoms with Gasteiger partial charge in [-0.25, -0.2) is 4.79 Å². The highest BCUT2D eigenvalue weighted by molar-refractivity contribution is 6.30. The van der Waals surface area contributed by atoms with Gasteiger partial charge in [0.2, 0.25) is 0 Å². The third kappa shape index (κ3) is 4.17. The number of aromatic amines is 1. The number of halogens is 1. The Balaban J connectivity index is 1.51. The quantitative estimate of drug-likeness (QED) is 0.376. The van der Waals surface area contributed by atoms with Crippen molar-refractivity contribution in [1.82, 2.24) is 9.88 Å². The zero-order valence-corrected chi connectivity index (χ0v) is 19.8. The Labute approximate surface area is 203 Å². The zero-order valence-electron chi connectivity index (χ0n) is 19.0. The van der Waals surface area contributed by atoms with E-state index in [4.69, 9.17) is 25.8 Å². The van der Waals surface area contributed by atoms with E-state index in [0.717, 1.165) is 39.2 Å². The van der Waals surface area contributed by atoms with Gasteiger partial charge in [0.1, 0.15) is 24.1 Å². The number of ether oxygens (including phenoxy) is 3. The van der Waals surface area contributed by atoms with Crippen molar-refractivity contribution in [3.8, 4) is 11.5 Å². The van der Waals surface area contributed by atoms with Crippen molar-refractivity contribution in [3.05, 3.63) is 94.1 Å². The van der Waals surface area contributed by atoms with Gasteiger partial charge in [0.15, 0.2) is 0 Å². The Kier molecular flexibility index (Phi) is 6.07. The molecule has 1 atom stereocenters. The van der Waals surface area contributed by atoms with Crippen LogP contribution in [0.5, 0.6) is 11.5 Å². The lowest BCUT2D eigenvalue weighted by atomic mass is 9.92. The highest BCUT2D eigenvalue weighted by Gasteiger charge is 2.35. The molecule has 174 valence electrons. The number of fused-ring (bicyclic) bond motifs is 3. The number of hydrogen-bond donors (Lipinski definition) is 1. The average molecular weight is 477 g/mol. The summed E-state index contributed by atoms with van der Waals surface area (Å²) in [4.78, 5) is 18.6. The van der Waals surface area contributed by atoms with Crippen molar-refractivity contribution in [2.75, 3.05) is 20.8 Å². The molecule has 0 saturated heterocycles.